The zero-order valence-electron chi connectivity index (χ0n) is 14.5. The molecular weight excluding hydrogens is 345 g/mol. The molecule has 1 N–H and O–H groups in total. The normalized spacial score (nSPS) is 10.3. The third-order valence-electron chi connectivity index (χ3n) is 3.92. The third kappa shape index (κ3) is 5.25. The number of carbonyl (C=O) groups is 2. The number of halogens is 1. The molecule has 0 aliphatic rings. The number of rotatable bonds is 6. The molecule has 0 atom stereocenters. The van der Waals surface area contributed by atoms with E-state index in [-0.39, 0.29) is 5.56 Å². The molecule has 5 heteroatoms. The van der Waals surface area contributed by atoms with Crippen LogP contribution in [0.1, 0.15) is 21.5 Å². The lowest BCUT2D eigenvalue weighted by Gasteiger charge is -2.11. The number of hydrogen-bond donors (Lipinski definition) is 1. The Labute approximate surface area is 156 Å². The first-order valence-electron chi connectivity index (χ1n) is 8.46. The van der Waals surface area contributed by atoms with E-state index in [1.165, 1.54) is 18.2 Å². The minimum atomic E-state index is -0.748. The van der Waals surface area contributed by atoms with Crippen molar-refractivity contribution < 1.29 is 18.7 Å². The van der Waals surface area contributed by atoms with Crippen LogP contribution in [0.4, 0.5) is 10.1 Å². The Morgan fingerprint density at radius 2 is 1.63 bits per heavy atom. The Bertz CT molecular complexity index is 941. The highest BCUT2D eigenvalue weighted by atomic mass is 19.1. The predicted molar refractivity (Wildman–Crippen MR) is 101 cm³/mol. The molecule has 0 aliphatic carbocycles. The number of benzene rings is 3. The monoisotopic (exact) mass is 363 g/mol. The molecule has 3 rings (SSSR count). The molecule has 136 valence electrons. The summed E-state index contributed by atoms with van der Waals surface area (Å²) >= 11 is 0. The molecule has 3 aromatic carbocycles. The second kappa shape index (κ2) is 8.76. The average Bonchev–Trinajstić information content (AvgIpc) is 2.68. The summed E-state index contributed by atoms with van der Waals surface area (Å²) in [4.78, 5) is 24.1. The van der Waals surface area contributed by atoms with E-state index in [1.54, 1.807) is 6.07 Å². The summed E-state index contributed by atoms with van der Waals surface area (Å²) < 4.78 is 18.1. The molecule has 27 heavy (non-hydrogen) atoms. The molecule has 0 bridgehead atoms. The van der Waals surface area contributed by atoms with E-state index in [0.717, 1.165) is 17.2 Å². The van der Waals surface area contributed by atoms with E-state index in [1.807, 2.05) is 48.5 Å². The molecular formula is C22H18FNO3. The average molecular weight is 363 g/mol. The highest BCUT2D eigenvalue weighted by Gasteiger charge is 2.12. The van der Waals surface area contributed by atoms with Gasteiger partial charge in [0.1, 0.15) is 5.82 Å². The Morgan fingerprint density at radius 1 is 0.889 bits per heavy atom. The fourth-order valence-corrected chi connectivity index (χ4v) is 2.63. The van der Waals surface area contributed by atoms with Crippen LogP contribution in [0, 0.1) is 5.82 Å². The van der Waals surface area contributed by atoms with Crippen molar-refractivity contribution in [3.63, 3.8) is 0 Å². The first-order chi connectivity index (χ1) is 13.1. The maximum absolute atomic E-state index is 13.2. The van der Waals surface area contributed by atoms with Gasteiger partial charge in [-0.05, 0) is 41.8 Å². The molecule has 1 amide bonds. The van der Waals surface area contributed by atoms with Crippen LogP contribution in [0.2, 0.25) is 0 Å². The lowest BCUT2D eigenvalue weighted by molar-refractivity contribution is -0.119. The molecule has 0 saturated heterocycles. The number of amides is 1. The number of nitrogens with one attached hydrogen (secondary N) is 1. The van der Waals surface area contributed by atoms with Crippen molar-refractivity contribution in [2.24, 2.45) is 0 Å². The van der Waals surface area contributed by atoms with Crippen molar-refractivity contribution in [1.82, 2.24) is 0 Å². The van der Waals surface area contributed by atoms with Crippen molar-refractivity contribution in [2.45, 2.75) is 6.42 Å². The Hall–Kier alpha value is -3.47. The summed E-state index contributed by atoms with van der Waals surface area (Å²) in [6.45, 7) is -0.449. The fraction of sp³-hybridized carbons (Fsp3) is 0.0909. The first-order valence-corrected chi connectivity index (χ1v) is 8.46. The quantitative estimate of drug-likeness (QED) is 0.668. The van der Waals surface area contributed by atoms with Crippen LogP contribution in [-0.4, -0.2) is 18.5 Å². The van der Waals surface area contributed by atoms with E-state index in [4.69, 9.17) is 4.74 Å². The number of hydrogen-bond acceptors (Lipinski definition) is 3. The lowest BCUT2D eigenvalue weighted by Crippen LogP contribution is -2.21. The molecule has 3 aromatic rings. The Morgan fingerprint density at radius 3 is 2.41 bits per heavy atom. The summed E-state index contributed by atoms with van der Waals surface area (Å²) in [6, 6.07) is 22.5. The molecule has 0 saturated carbocycles. The van der Waals surface area contributed by atoms with Gasteiger partial charge < -0.3 is 10.1 Å². The molecule has 0 fully saturated rings. The van der Waals surface area contributed by atoms with Crippen molar-refractivity contribution in [1.29, 1.82) is 0 Å². The molecule has 0 heterocycles. The van der Waals surface area contributed by atoms with Gasteiger partial charge in [0.25, 0.3) is 5.91 Å². The first kappa shape index (κ1) is 18.3. The van der Waals surface area contributed by atoms with Gasteiger partial charge in [-0.2, -0.15) is 0 Å². The largest absolute Gasteiger partial charge is 0.452 e. The molecule has 4 nitrogen and oxygen atoms in total. The van der Waals surface area contributed by atoms with Gasteiger partial charge in [0, 0.05) is 5.69 Å². The molecule has 0 radical (unpaired) electrons. The number of ether oxygens (including phenoxy) is 1. The molecule has 0 aromatic heterocycles. The van der Waals surface area contributed by atoms with Gasteiger partial charge in [0.05, 0.1) is 5.56 Å². The number of anilines is 1. The Balaban J connectivity index is 1.60. The third-order valence-corrected chi connectivity index (χ3v) is 3.92. The highest BCUT2D eigenvalue weighted by molar-refractivity contribution is 5.95. The van der Waals surface area contributed by atoms with Crippen molar-refractivity contribution in [3.05, 3.63) is 101 Å². The number of esters is 1. The maximum atomic E-state index is 13.2. The van der Waals surface area contributed by atoms with Gasteiger partial charge in [-0.15, -0.1) is 0 Å². The smallest absolute Gasteiger partial charge is 0.338 e. The maximum Gasteiger partial charge on any atom is 0.338 e. The number of carbonyl (C=O) groups excluding carboxylic acids is 2. The van der Waals surface area contributed by atoms with Crippen LogP contribution < -0.4 is 5.32 Å². The summed E-state index contributed by atoms with van der Waals surface area (Å²) in [7, 11) is 0. The summed E-state index contributed by atoms with van der Waals surface area (Å²) in [5, 5.41) is 2.76. The van der Waals surface area contributed by atoms with Crippen molar-refractivity contribution in [2.75, 3.05) is 11.9 Å². The SMILES string of the molecule is O=C(COC(=O)c1cccc(F)c1)Nc1ccccc1Cc1ccccc1. The fourth-order valence-electron chi connectivity index (χ4n) is 2.63. The van der Waals surface area contributed by atoms with Crippen LogP contribution >= 0.6 is 0 Å². The second-order valence-electron chi connectivity index (χ2n) is 5.95. The van der Waals surface area contributed by atoms with E-state index in [9.17, 15) is 14.0 Å². The van der Waals surface area contributed by atoms with Gasteiger partial charge in [-0.1, -0.05) is 54.6 Å². The Kier molecular flexibility index (Phi) is 5.94. The van der Waals surface area contributed by atoms with Crippen molar-refractivity contribution >= 4 is 17.6 Å². The summed E-state index contributed by atoms with van der Waals surface area (Å²) in [5.74, 6) is -1.74. The van der Waals surface area contributed by atoms with Crippen LogP contribution in [-0.2, 0) is 16.0 Å². The number of para-hydroxylation sites is 1. The topological polar surface area (TPSA) is 55.4 Å². The van der Waals surface area contributed by atoms with Gasteiger partial charge in [0.15, 0.2) is 6.61 Å². The summed E-state index contributed by atoms with van der Waals surface area (Å²) in [6.07, 6.45) is 0.667. The standard InChI is InChI=1S/C22H18FNO3/c23-19-11-6-10-18(14-19)22(26)27-15-21(25)24-20-12-5-4-9-17(20)13-16-7-2-1-3-8-16/h1-12,14H,13,15H2,(H,24,25). The van der Waals surface area contributed by atoms with Crippen LogP contribution in [0.3, 0.4) is 0 Å². The van der Waals surface area contributed by atoms with E-state index < -0.39 is 24.3 Å². The predicted octanol–water partition coefficient (Wildman–Crippen LogP) is 4.21. The van der Waals surface area contributed by atoms with E-state index in [2.05, 4.69) is 5.32 Å². The molecule has 0 aliphatic heterocycles. The van der Waals surface area contributed by atoms with E-state index in [0.29, 0.717) is 12.1 Å². The van der Waals surface area contributed by atoms with Crippen LogP contribution in [0.5, 0.6) is 0 Å². The highest BCUT2D eigenvalue weighted by Crippen LogP contribution is 2.19. The second-order valence-corrected chi connectivity index (χ2v) is 5.95. The van der Waals surface area contributed by atoms with Gasteiger partial charge >= 0.3 is 5.97 Å². The zero-order chi connectivity index (χ0) is 19.1. The molecule has 0 unspecified atom stereocenters. The van der Waals surface area contributed by atoms with Gasteiger partial charge in [-0.25, -0.2) is 9.18 Å². The van der Waals surface area contributed by atoms with Gasteiger partial charge in [-0.3, -0.25) is 4.79 Å². The lowest BCUT2D eigenvalue weighted by atomic mass is 10.0. The van der Waals surface area contributed by atoms with Crippen molar-refractivity contribution in [3.8, 4) is 0 Å². The van der Waals surface area contributed by atoms with Crippen LogP contribution in [0.25, 0.3) is 0 Å². The van der Waals surface area contributed by atoms with E-state index >= 15 is 0 Å². The minimum Gasteiger partial charge on any atom is -0.452 e. The minimum absolute atomic E-state index is 0.0623. The zero-order valence-corrected chi connectivity index (χ0v) is 14.5. The van der Waals surface area contributed by atoms with Crippen LogP contribution in [0.15, 0.2) is 78.9 Å². The molecule has 0 spiro atoms. The summed E-state index contributed by atoms with van der Waals surface area (Å²) in [5.41, 5.74) is 2.80. The van der Waals surface area contributed by atoms with Gasteiger partial charge in [0.2, 0.25) is 0 Å².